The molecular weight excluding hydrogens is 253 g/mol. The number of rotatable bonds is 3. The van der Waals surface area contributed by atoms with E-state index in [9.17, 15) is 4.39 Å². The van der Waals surface area contributed by atoms with E-state index in [1.54, 1.807) is 29.1 Å². The second-order valence-corrected chi connectivity index (χ2v) is 4.44. The first-order valence-electron chi connectivity index (χ1n) is 6.38. The third kappa shape index (κ3) is 2.10. The van der Waals surface area contributed by atoms with Gasteiger partial charge in [-0.3, -0.25) is 0 Å². The maximum Gasteiger partial charge on any atom is 0.131 e. The van der Waals surface area contributed by atoms with Gasteiger partial charge in [-0.25, -0.2) is 9.07 Å². The molecule has 3 nitrogen and oxygen atoms in total. The molecule has 20 heavy (non-hydrogen) atoms. The molecule has 0 aliphatic heterocycles. The number of benzene rings is 2. The molecule has 100 valence electrons. The van der Waals surface area contributed by atoms with Gasteiger partial charge in [0.25, 0.3) is 0 Å². The average molecular weight is 267 g/mol. The third-order valence-electron chi connectivity index (χ3n) is 3.23. The number of aromatic nitrogens is 2. The SMILES string of the molecule is NCc1c(-c2ccccc2F)cnn1-c1ccccc1. The first kappa shape index (κ1) is 12.6. The molecule has 0 bridgehead atoms. The Bertz CT molecular complexity index is 720. The molecule has 0 spiro atoms. The van der Waals surface area contributed by atoms with E-state index >= 15 is 0 Å². The lowest BCUT2D eigenvalue weighted by atomic mass is 10.1. The summed E-state index contributed by atoms with van der Waals surface area (Å²) in [5.74, 6) is -0.269. The highest BCUT2D eigenvalue weighted by Crippen LogP contribution is 2.27. The zero-order valence-electron chi connectivity index (χ0n) is 10.8. The van der Waals surface area contributed by atoms with Gasteiger partial charge in [0.1, 0.15) is 5.82 Å². The van der Waals surface area contributed by atoms with Crippen LogP contribution >= 0.6 is 0 Å². The number of para-hydroxylation sites is 1. The van der Waals surface area contributed by atoms with Gasteiger partial charge in [0.15, 0.2) is 0 Å². The summed E-state index contributed by atoms with van der Waals surface area (Å²) >= 11 is 0. The molecule has 0 radical (unpaired) electrons. The van der Waals surface area contributed by atoms with E-state index < -0.39 is 0 Å². The summed E-state index contributed by atoms with van der Waals surface area (Å²) in [6.45, 7) is 0.290. The topological polar surface area (TPSA) is 43.8 Å². The van der Waals surface area contributed by atoms with Gasteiger partial charge in [-0.15, -0.1) is 0 Å². The van der Waals surface area contributed by atoms with Gasteiger partial charge < -0.3 is 5.73 Å². The van der Waals surface area contributed by atoms with Gasteiger partial charge in [0.2, 0.25) is 0 Å². The Balaban J connectivity index is 2.16. The largest absolute Gasteiger partial charge is 0.325 e. The van der Waals surface area contributed by atoms with E-state index in [0.29, 0.717) is 12.1 Å². The Morgan fingerprint density at radius 1 is 0.950 bits per heavy atom. The van der Waals surface area contributed by atoms with Crippen LogP contribution in [0, 0.1) is 5.82 Å². The maximum absolute atomic E-state index is 13.9. The molecule has 2 aromatic carbocycles. The average Bonchev–Trinajstić information content (AvgIpc) is 2.92. The Kier molecular flexibility index (Phi) is 3.31. The van der Waals surface area contributed by atoms with Crippen molar-refractivity contribution >= 4 is 0 Å². The first-order chi connectivity index (χ1) is 9.81. The Morgan fingerprint density at radius 3 is 2.35 bits per heavy atom. The molecule has 1 aromatic heterocycles. The standard InChI is InChI=1S/C16H14FN3/c17-15-9-5-4-8-13(15)14-11-19-20(16(14)10-18)12-6-2-1-3-7-12/h1-9,11H,10,18H2. The maximum atomic E-state index is 13.9. The van der Waals surface area contributed by atoms with Crippen LogP contribution in [0.15, 0.2) is 60.8 Å². The van der Waals surface area contributed by atoms with Gasteiger partial charge in [-0.1, -0.05) is 36.4 Å². The van der Waals surface area contributed by atoms with Crippen molar-refractivity contribution in [3.8, 4) is 16.8 Å². The zero-order chi connectivity index (χ0) is 13.9. The van der Waals surface area contributed by atoms with Crippen LogP contribution in [0.3, 0.4) is 0 Å². The van der Waals surface area contributed by atoms with Crippen molar-refractivity contribution in [1.29, 1.82) is 0 Å². The smallest absolute Gasteiger partial charge is 0.131 e. The van der Waals surface area contributed by atoms with Crippen LogP contribution in [0.1, 0.15) is 5.69 Å². The van der Waals surface area contributed by atoms with Gasteiger partial charge in [0, 0.05) is 17.7 Å². The predicted molar refractivity (Wildman–Crippen MR) is 76.8 cm³/mol. The van der Waals surface area contributed by atoms with Gasteiger partial charge in [0.05, 0.1) is 17.6 Å². The summed E-state index contributed by atoms with van der Waals surface area (Å²) < 4.78 is 15.7. The molecule has 2 N–H and O–H groups in total. The molecule has 0 fully saturated rings. The zero-order valence-corrected chi connectivity index (χ0v) is 10.8. The number of hydrogen-bond acceptors (Lipinski definition) is 2. The van der Waals surface area contributed by atoms with E-state index in [1.165, 1.54) is 6.07 Å². The Hall–Kier alpha value is -2.46. The van der Waals surface area contributed by atoms with Gasteiger partial charge in [-0.2, -0.15) is 5.10 Å². The third-order valence-corrected chi connectivity index (χ3v) is 3.23. The van der Waals surface area contributed by atoms with Crippen LogP contribution in [0.25, 0.3) is 16.8 Å². The molecule has 0 saturated heterocycles. The van der Waals surface area contributed by atoms with E-state index in [0.717, 1.165) is 16.9 Å². The van der Waals surface area contributed by atoms with Crippen molar-refractivity contribution in [2.45, 2.75) is 6.54 Å². The monoisotopic (exact) mass is 267 g/mol. The van der Waals surface area contributed by atoms with E-state index in [4.69, 9.17) is 5.73 Å². The van der Waals surface area contributed by atoms with Crippen molar-refractivity contribution < 1.29 is 4.39 Å². The molecule has 4 heteroatoms. The van der Waals surface area contributed by atoms with Gasteiger partial charge in [-0.05, 0) is 18.2 Å². The number of nitrogens with zero attached hydrogens (tertiary/aromatic N) is 2. The quantitative estimate of drug-likeness (QED) is 0.792. The summed E-state index contributed by atoms with van der Waals surface area (Å²) in [6.07, 6.45) is 1.66. The summed E-state index contributed by atoms with van der Waals surface area (Å²) in [5, 5.41) is 4.34. The van der Waals surface area contributed by atoms with Crippen molar-refractivity contribution in [3.05, 3.63) is 72.3 Å². The number of nitrogens with two attached hydrogens (primary N) is 1. The normalized spacial score (nSPS) is 10.7. The molecule has 0 amide bonds. The molecule has 0 aliphatic carbocycles. The second-order valence-electron chi connectivity index (χ2n) is 4.44. The van der Waals surface area contributed by atoms with Crippen molar-refractivity contribution in [2.75, 3.05) is 0 Å². The summed E-state index contributed by atoms with van der Waals surface area (Å²) in [5.41, 5.74) is 8.80. The minimum atomic E-state index is -0.269. The lowest BCUT2D eigenvalue weighted by Crippen LogP contribution is -2.08. The van der Waals surface area contributed by atoms with E-state index in [2.05, 4.69) is 5.10 Å². The Labute approximate surface area is 116 Å². The molecular formula is C16H14FN3. The van der Waals surface area contributed by atoms with Crippen molar-refractivity contribution in [2.24, 2.45) is 5.73 Å². The molecule has 0 saturated carbocycles. The lowest BCUT2D eigenvalue weighted by Gasteiger charge is -2.08. The molecule has 1 heterocycles. The van der Waals surface area contributed by atoms with Crippen LogP contribution in [-0.4, -0.2) is 9.78 Å². The minimum Gasteiger partial charge on any atom is -0.325 e. The molecule has 0 unspecified atom stereocenters. The van der Waals surface area contributed by atoms with Crippen LogP contribution in [0.2, 0.25) is 0 Å². The second kappa shape index (κ2) is 5.27. The van der Waals surface area contributed by atoms with Crippen LogP contribution in [-0.2, 0) is 6.54 Å². The predicted octanol–water partition coefficient (Wildman–Crippen LogP) is 3.14. The molecule has 0 atom stereocenters. The highest BCUT2D eigenvalue weighted by molar-refractivity contribution is 5.66. The van der Waals surface area contributed by atoms with Crippen molar-refractivity contribution in [1.82, 2.24) is 9.78 Å². The van der Waals surface area contributed by atoms with Crippen LogP contribution in [0.5, 0.6) is 0 Å². The van der Waals surface area contributed by atoms with Crippen LogP contribution < -0.4 is 5.73 Å². The minimum absolute atomic E-state index is 0.269. The number of halogens is 1. The Morgan fingerprint density at radius 2 is 1.65 bits per heavy atom. The highest BCUT2D eigenvalue weighted by Gasteiger charge is 2.14. The number of hydrogen-bond donors (Lipinski definition) is 1. The fourth-order valence-electron chi connectivity index (χ4n) is 2.27. The van der Waals surface area contributed by atoms with Crippen molar-refractivity contribution in [3.63, 3.8) is 0 Å². The first-order valence-corrected chi connectivity index (χ1v) is 6.38. The van der Waals surface area contributed by atoms with E-state index in [-0.39, 0.29) is 5.82 Å². The lowest BCUT2D eigenvalue weighted by molar-refractivity contribution is 0.631. The van der Waals surface area contributed by atoms with Crippen LogP contribution in [0.4, 0.5) is 4.39 Å². The fraction of sp³-hybridized carbons (Fsp3) is 0.0625. The highest BCUT2D eigenvalue weighted by atomic mass is 19.1. The molecule has 3 rings (SSSR count). The summed E-state index contributed by atoms with van der Waals surface area (Å²) in [4.78, 5) is 0. The molecule has 0 aliphatic rings. The van der Waals surface area contributed by atoms with E-state index in [1.807, 2.05) is 30.3 Å². The molecule has 3 aromatic rings. The summed E-state index contributed by atoms with van der Waals surface area (Å²) in [6, 6.07) is 16.3. The fourth-order valence-corrected chi connectivity index (χ4v) is 2.27. The summed E-state index contributed by atoms with van der Waals surface area (Å²) in [7, 11) is 0. The van der Waals surface area contributed by atoms with Gasteiger partial charge >= 0.3 is 0 Å².